The van der Waals surface area contributed by atoms with Gasteiger partial charge in [0.15, 0.2) is 0 Å². The van der Waals surface area contributed by atoms with Gasteiger partial charge in [-0.15, -0.1) is 0 Å². The Hall–Kier alpha value is -6.32. The summed E-state index contributed by atoms with van der Waals surface area (Å²) in [5.41, 5.74) is 4.58. The fourth-order valence-electron chi connectivity index (χ4n) is 13.3. The van der Waals surface area contributed by atoms with Crippen LogP contribution in [0.3, 0.4) is 0 Å². The molecule has 0 heterocycles. The number of benzene rings is 8. The number of fused-ring (bicyclic) bond motifs is 2. The molecule has 490 valence electrons. The lowest BCUT2D eigenvalue weighted by atomic mass is 9.92. The Kier molecular flexibility index (Phi) is 33.3. The minimum Gasteiger partial charge on any atom is -0.338 e. The van der Waals surface area contributed by atoms with Crippen LogP contribution in [-0.2, 0) is 13.1 Å². The predicted molar refractivity (Wildman–Crippen MR) is 404 cm³/mol. The molecule has 8 heteroatoms. The Morgan fingerprint density at radius 3 is 0.815 bits per heavy atom. The zero-order valence-electron chi connectivity index (χ0n) is 56.5. The standard InChI is InChI=1S/C84H112N4O2P2/c1-3-5-7-9-11-13-15-17-19-21-23-25-27-29-31-45-63-85-83(89)87-67-69-55-59-77-71(65-69)57-61-79(91(73-47-37-33-38-48-73)74-49-39-34-40-50-74)81(77)82-78-60-56-70(66-72(78)58-62-80(82)92(75-51-41-35-42-52-75)76-53-43-36-44-54-76)68-88-84(90)86-64-46-32-30-28-26-24-22-20-18-16-14-12-10-8-6-4-2/h33-44,47-62,65-66H,3-32,45-46,63-64,67-68H2,1-2H3,(H2,85,87,89)(H2,86,88,90). The third-order valence-electron chi connectivity index (χ3n) is 18.5. The van der Waals surface area contributed by atoms with Crippen molar-refractivity contribution in [2.45, 2.75) is 232 Å². The molecule has 6 nitrogen and oxygen atoms in total. The highest BCUT2D eigenvalue weighted by Gasteiger charge is 2.28. The van der Waals surface area contributed by atoms with Crippen molar-refractivity contribution in [3.05, 3.63) is 193 Å². The number of rotatable bonds is 45. The number of unbranched alkanes of at least 4 members (excludes halogenated alkanes) is 30. The van der Waals surface area contributed by atoms with Crippen LogP contribution in [-0.4, -0.2) is 25.2 Å². The number of carbonyl (C=O) groups is 2. The average molecular weight is 1270 g/mol. The van der Waals surface area contributed by atoms with E-state index in [1.165, 1.54) is 234 Å². The maximum absolute atomic E-state index is 13.3. The van der Waals surface area contributed by atoms with Crippen molar-refractivity contribution in [1.29, 1.82) is 0 Å². The molecule has 0 aliphatic carbocycles. The zero-order chi connectivity index (χ0) is 63.9. The second-order valence-corrected chi connectivity index (χ2v) is 30.2. The Balaban J connectivity index is 0.970. The first-order valence-electron chi connectivity index (χ1n) is 36.5. The lowest BCUT2D eigenvalue weighted by molar-refractivity contribution is 0.239. The smallest absolute Gasteiger partial charge is 0.315 e. The molecule has 0 unspecified atom stereocenters. The molecule has 0 radical (unpaired) electrons. The molecule has 0 bridgehead atoms. The van der Waals surface area contributed by atoms with E-state index in [0.717, 1.165) is 47.6 Å². The molecule has 8 aromatic rings. The first-order valence-corrected chi connectivity index (χ1v) is 39.2. The van der Waals surface area contributed by atoms with E-state index in [2.05, 4.69) is 217 Å². The van der Waals surface area contributed by atoms with Crippen LogP contribution in [0.4, 0.5) is 9.59 Å². The van der Waals surface area contributed by atoms with E-state index in [-0.39, 0.29) is 12.1 Å². The van der Waals surface area contributed by atoms with Crippen molar-refractivity contribution in [3.63, 3.8) is 0 Å². The molecular formula is C84H112N4O2P2. The summed E-state index contributed by atoms with van der Waals surface area (Å²) < 4.78 is 0. The van der Waals surface area contributed by atoms with Crippen LogP contribution < -0.4 is 53.1 Å². The number of urea groups is 2. The molecule has 8 rings (SSSR count). The third-order valence-corrected chi connectivity index (χ3v) is 23.4. The maximum Gasteiger partial charge on any atom is 0.315 e. The Morgan fingerprint density at radius 1 is 0.283 bits per heavy atom. The fourth-order valence-corrected chi connectivity index (χ4v) is 18.2. The first-order chi connectivity index (χ1) is 45.5. The van der Waals surface area contributed by atoms with Crippen LogP contribution in [0.5, 0.6) is 0 Å². The zero-order valence-corrected chi connectivity index (χ0v) is 58.3. The Bertz CT molecular complexity index is 3020. The molecule has 4 amide bonds. The summed E-state index contributed by atoms with van der Waals surface area (Å²) in [5.74, 6) is 0. The molecule has 0 spiro atoms. The van der Waals surface area contributed by atoms with Crippen molar-refractivity contribution < 1.29 is 9.59 Å². The van der Waals surface area contributed by atoms with Gasteiger partial charge in [0, 0.05) is 26.2 Å². The van der Waals surface area contributed by atoms with Gasteiger partial charge < -0.3 is 21.3 Å². The van der Waals surface area contributed by atoms with Crippen molar-refractivity contribution in [2.24, 2.45) is 0 Å². The van der Waals surface area contributed by atoms with Gasteiger partial charge in [0.2, 0.25) is 0 Å². The topological polar surface area (TPSA) is 82.3 Å². The molecule has 0 aliphatic rings. The molecule has 0 saturated heterocycles. The van der Waals surface area contributed by atoms with Crippen LogP contribution >= 0.6 is 15.8 Å². The average Bonchev–Trinajstić information content (AvgIpc) is 0.740. The van der Waals surface area contributed by atoms with Crippen molar-refractivity contribution in [2.75, 3.05) is 13.1 Å². The molecule has 92 heavy (non-hydrogen) atoms. The summed E-state index contributed by atoms with van der Waals surface area (Å²) >= 11 is 0. The lowest BCUT2D eigenvalue weighted by Crippen LogP contribution is -2.35. The minimum atomic E-state index is -1.05. The Morgan fingerprint density at radius 2 is 0.543 bits per heavy atom. The number of hydrogen-bond donors (Lipinski definition) is 4. The highest BCUT2D eigenvalue weighted by molar-refractivity contribution is 7.80. The summed E-state index contributed by atoms with van der Waals surface area (Å²) in [5, 5.41) is 25.1. The van der Waals surface area contributed by atoms with Gasteiger partial charge in [-0.05, 0) is 116 Å². The predicted octanol–water partition coefficient (Wildman–Crippen LogP) is 21.3. The summed E-state index contributed by atoms with van der Waals surface area (Å²) in [6, 6.07) is 67.1. The number of carbonyl (C=O) groups excluding carboxylic acids is 2. The summed E-state index contributed by atoms with van der Waals surface area (Å²) in [6.07, 6.45) is 42.7. The second-order valence-electron chi connectivity index (χ2n) is 25.9. The summed E-state index contributed by atoms with van der Waals surface area (Å²) in [7, 11) is -2.10. The van der Waals surface area contributed by atoms with Crippen LogP contribution in [0, 0.1) is 0 Å². The van der Waals surface area contributed by atoms with Gasteiger partial charge in [-0.25, -0.2) is 9.59 Å². The number of nitrogens with one attached hydrogen (secondary N) is 4. The van der Waals surface area contributed by atoms with Gasteiger partial charge in [0.05, 0.1) is 0 Å². The van der Waals surface area contributed by atoms with Gasteiger partial charge in [-0.3, -0.25) is 0 Å². The van der Waals surface area contributed by atoms with E-state index in [0.29, 0.717) is 26.2 Å². The van der Waals surface area contributed by atoms with Crippen molar-refractivity contribution in [1.82, 2.24) is 21.3 Å². The maximum atomic E-state index is 13.3. The molecular weight excluding hydrogens is 1160 g/mol. The molecule has 0 fully saturated rings. The van der Waals surface area contributed by atoms with Crippen LogP contribution in [0.15, 0.2) is 182 Å². The van der Waals surface area contributed by atoms with Crippen LogP contribution in [0.2, 0.25) is 0 Å². The summed E-state index contributed by atoms with van der Waals surface area (Å²) in [6.45, 7) is 6.82. The number of amides is 4. The quantitative estimate of drug-likeness (QED) is 0.0227. The second kappa shape index (κ2) is 42.8. The normalized spacial score (nSPS) is 11.5. The minimum absolute atomic E-state index is 0.116. The highest BCUT2D eigenvalue weighted by Crippen LogP contribution is 2.46. The monoisotopic (exact) mass is 1270 g/mol. The van der Waals surface area contributed by atoms with Crippen molar-refractivity contribution in [3.8, 4) is 11.1 Å². The van der Waals surface area contributed by atoms with E-state index in [1.807, 2.05) is 0 Å². The van der Waals surface area contributed by atoms with E-state index in [9.17, 15) is 9.59 Å². The molecule has 0 saturated carbocycles. The molecule has 0 atom stereocenters. The van der Waals surface area contributed by atoms with Crippen LogP contribution in [0.1, 0.15) is 230 Å². The first kappa shape index (κ1) is 71.5. The van der Waals surface area contributed by atoms with Crippen molar-refractivity contribution >= 4 is 81.3 Å². The highest BCUT2D eigenvalue weighted by atomic mass is 31.1. The Labute approximate surface area is 558 Å². The van der Waals surface area contributed by atoms with Gasteiger partial charge in [0.1, 0.15) is 0 Å². The largest absolute Gasteiger partial charge is 0.338 e. The summed E-state index contributed by atoms with van der Waals surface area (Å²) in [4.78, 5) is 26.7. The molecule has 0 aromatic heterocycles. The van der Waals surface area contributed by atoms with Crippen LogP contribution in [0.25, 0.3) is 32.7 Å². The van der Waals surface area contributed by atoms with E-state index in [4.69, 9.17) is 0 Å². The van der Waals surface area contributed by atoms with Gasteiger partial charge in [0.25, 0.3) is 0 Å². The van der Waals surface area contributed by atoms with Gasteiger partial charge in [-0.2, -0.15) is 0 Å². The van der Waals surface area contributed by atoms with E-state index < -0.39 is 15.8 Å². The third kappa shape index (κ3) is 24.2. The number of hydrogen-bond acceptors (Lipinski definition) is 2. The van der Waals surface area contributed by atoms with E-state index >= 15 is 0 Å². The molecule has 8 aromatic carbocycles. The van der Waals surface area contributed by atoms with E-state index in [1.54, 1.807) is 0 Å². The molecule has 4 N–H and O–H groups in total. The fraction of sp³-hybridized carbons (Fsp3) is 0.452. The van der Waals surface area contributed by atoms with Gasteiger partial charge in [-0.1, -0.05) is 376 Å². The lowest BCUT2D eigenvalue weighted by Gasteiger charge is -2.28. The molecule has 0 aliphatic heterocycles. The van der Waals surface area contributed by atoms with Gasteiger partial charge >= 0.3 is 12.1 Å². The SMILES string of the molecule is CCCCCCCCCCCCCCCCCCNC(=O)NCc1ccc2c(-c3c(P(c4ccccc4)c4ccccc4)ccc4cc(CNC(=O)NCCCCCCCCCCCCCCCCCC)ccc34)c(P(c3ccccc3)c3ccccc3)ccc2c1.